The highest BCUT2D eigenvalue weighted by atomic mass is 16.6. The molecule has 0 aliphatic rings. The van der Waals surface area contributed by atoms with E-state index in [4.69, 9.17) is 11.2 Å². The molecule has 0 aromatic heterocycles. The first-order valence-electron chi connectivity index (χ1n) is 12.9. The first-order chi connectivity index (χ1) is 17.6. The van der Waals surface area contributed by atoms with Crippen molar-refractivity contribution in [2.45, 2.75) is 91.5 Å². The Hall–Kier alpha value is -3.54. The quantitative estimate of drug-likeness (QED) is 0.331. The van der Waals surface area contributed by atoms with Gasteiger partial charge in [-0.25, -0.2) is 4.79 Å². The average Bonchev–Trinajstić information content (AvgIpc) is 2.86. The second-order valence-electron chi connectivity index (χ2n) is 10.8. The molecule has 0 saturated carbocycles. The topological polar surface area (TPSA) is 114 Å². The number of amides is 3. The fourth-order valence-corrected chi connectivity index (χ4v) is 3.72. The van der Waals surface area contributed by atoms with Gasteiger partial charge < -0.3 is 25.0 Å². The van der Waals surface area contributed by atoms with Crippen LogP contribution < -0.4 is 10.6 Å². The maximum absolute atomic E-state index is 14.3. The zero-order valence-electron chi connectivity index (χ0n) is 24.1. The molecule has 3 unspecified atom stereocenters. The van der Waals surface area contributed by atoms with Gasteiger partial charge in [0.25, 0.3) is 0 Å². The molecule has 9 nitrogen and oxygen atoms in total. The number of nitrogens with zero attached hydrogens (tertiary/aromatic N) is 1. The first kappa shape index (κ1) is 32.5. The minimum atomic E-state index is -1.12. The van der Waals surface area contributed by atoms with Gasteiger partial charge >= 0.3 is 12.1 Å². The third-order valence-electron chi connectivity index (χ3n) is 6.44. The molecule has 0 saturated heterocycles. The lowest BCUT2D eigenvalue weighted by atomic mass is 9.89. The SMILES string of the molecule is C#Cc1ccc(C(C(=O)NCC(=O)OC)N(C(=O)C(NC(=O)OC(C)(C)C)C(C)CC)C(C)(C)CC)cc1. The second-order valence-corrected chi connectivity index (χ2v) is 10.8. The number of carbonyl (C=O) groups is 4. The van der Waals surface area contributed by atoms with Crippen LogP contribution in [0, 0.1) is 18.3 Å². The van der Waals surface area contributed by atoms with E-state index in [0.717, 1.165) is 0 Å². The summed E-state index contributed by atoms with van der Waals surface area (Å²) in [7, 11) is 1.22. The van der Waals surface area contributed by atoms with Crippen LogP contribution in [0.2, 0.25) is 0 Å². The van der Waals surface area contributed by atoms with Crippen LogP contribution in [-0.4, -0.2) is 59.6 Å². The average molecular weight is 530 g/mol. The molecule has 3 atom stereocenters. The summed E-state index contributed by atoms with van der Waals surface area (Å²) in [5.74, 6) is 0.623. The van der Waals surface area contributed by atoms with Gasteiger partial charge in [0.2, 0.25) is 11.8 Å². The van der Waals surface area contributed by atoms with Gasteiger partial charge in [-0.15, -0.1) is 6.42 Å². The number of hydrogen-bond donors (Lipinski definition) is 2. The monoisotopic (exact) mass is 529 g/mol. The molecule has 1 rings (SSSR count). The van der Waals surface area contributed by atoms with Crippen LogP contribution in [-0.2, 0) is 23.9 Å². The van der Waals surface area contributed by atoms with Crippen molar-refractivity contribution in [2.24, 2.45) is 5.92 Å². The number of hydrogen-bond acceptors (Lipinski definition) is 6. The maximum Gasteiger partial charge on any atom is 0.408 e. The third kappa shape index (κ3) is 9.09. The largest absolute Gasteiger partial charge is 0.468 e. The smallest absolute Gasteiger partial charge is 0.408 e. The fourth-order valence-electron chi connectivity index (χ4n) is 3.72. The van der Waals surface area contributed by atoms with Crippen LogP contribution in [0.1, 0.15) is 85.4 Å². The summed E-state index contributed by atoms with van der Waals surface area (Å²) in [6, 6.07) is 4.64. The van der Waals surface area contributed by atoms with E-state index in [2.05, 4.69) is 21.3 Å². The summed E-state index contributed by atoms with van der Waals surface area (Å²) in [5, 5.41) is 5.33. The number of benzene rings is 1. The molecule has 0 heterocycles. The van der Waals surface area contributed by atoms with E-state index < -0.39 is 47.1 Å². The summed E-state index contributed by atoms with van der Waals surface area (Å²) in [5.41, 5.74) is -0.471. The van der Waals surface area contributed by atoms with Crippen LogP contribution >= 0.6 is 0 Å². The van der Waals surface area contributed by atoms with Gasteiger partial charge in [-0.2, -0.15) is 0 Å². The van der Waals surface area contributed by atoms with Crippen molar-refractivity contribution in [1.82, 2.24) is 15.5 Å². The van der Waals surface area contributed by atoms with Gasteiger partial charge in [0.1, 0.15) is 24.2 Å². The van der Waals surface area contributed by atoms with Crippen molar-refractivity contribution < 1.29 is 28.7 Å². The molecule has 1 aromatic carbocycles. The minimum Gasteiger partial charge on any atom is -0.468 e. The predicted octanol–water partition coefficient (Wildman–Crippen LogP) is 3.95. The lowest BCUT2D eigenvalue weighted by Gasteiger charge is -2.45. The molecular weight excluding hydrogens is 486 g/mol. The molecular formula is C29H43N3O6. The Bertz CT molecular complexity index is 1020. The highest BCUT2D eigenvalue weighted by Crippen LogP contribution is 2.33. The van der Waals surface area contributed by atoms with Gasteiger partial charge in [-0.1, -0.05) is 45.2 Å². The molecule has 3 amide bonds. The molecule has 2 N–H and O–H groups in total. The second kappa shape index (κ2) is 13.8. The summed E-state index contributed by atoms with van der Waals surface area (Å²) >= 11 is 0. The maximum atomic E-state index is 14.3. The van der Waals surface area contributed by atoms with E-state index in [1.807, 2.05) is 34.6 Å². The van der Waals surface area contributed by atoms with Crippen molar-refractivity contribution in [3.8, 4) is 12.3 Å². The zero-order valence-corrected chi connectivity index (χ0v) is 24.1. The number of carbonyl (C=O) groups excluding carboxylic acids is 4. The van der Waals surface area contributed by atoms with Crippen LogP contribution in [0.3, 0.4) is 0 Å². The normalized spacial score (nSPS) is 13.8. The Morgan fingerprint density at radius 1 is 1.05 bits per heavy atom. The van der Waals surface area contributed by atoms with Crippen molar-refractivity contribution in [1.29, 1.82) is 0 Å². The van der Waals surface area contributed by atoms with Crippen LogP contribution in [0.5, 0.6) is 0 Å². The van der Waals surface area contributed by atoms with Crippen molar-refractivity contribution in [3.63, 3.8) is 0 Å². The number of terminal acetylenes is 1. The van der Waals surface area contributed by atoms with Crippen LogP contribution in [0.4, 0.5) is 4.79 Å². The van der Waals surface area contributed by atoms with Crippen molar-refractivity contribution in [3.05, 3.63) is 35.4 Å². The number of methoxy groups -OCH3 is 1. The van der Waals surface area contributed by atoms with Crippen LogP contribution in [0.15, 0.2) is 24.3 Å². The van der Waals surface area contributed by atoms with Gasteiger partial charge in [0, 0.05) is 11.1 Å². The number of alkyl carbamates (subject to hydrolysis) is 1. The summed E-state index contributed by atoms with van der Waals surface area (Å²) in [4.78, 5) is 54.0. The molecule has 0 radical (unpaired) electrons. The van der Waals surface area contributed by atoms with Gasteiger partial charge in [-0.3, -0.25) is 14.4 Å². The van der Waals surface area contributed by atoms with E-state index in [1.54, 1.807) is 45.0 Å². The molecule has 38 heavy (non-hydrogen) atoms. The van der Waals surface area contributed by atoms with Crippen molar-refractivity contribution in [2.75, 3.05) is 13.7 Å². The standard InChI is InChI=1S/C29H43N3O6/c1-11-19(4)23(31-27(36)38-28(5,6)7)26(35)32(29(8,9)13-3)24(25(34)30-18-22(33)37-10)21-16-14-20(12-2)15-17-21/h2,14-17,19,23-24H,11,13,18H2,1,3-10H3,(H,30,34)(H,31,36). The highest BCUT2D eigenvalue weighted by Gasteiger charge is 2.44. The van der Waals surface area contributed by atoms with Crippen molar-refractivity contribution >= 4 is 23.9 Å². The van der Waals surface area contributed by atoms with Gasteiger partial charge in [0.05, 0.1) is 7.11 Å². The molecule has 1 aromatic rings. The van der Waals surface area contributed by atoms with E-state index >= 15 is 0 Å². The van der Waals surface area contributed by atoms with Gasteiger partial charge in [-0.05, 0) is 64.7 Å². The Labute approximate surface area is 227 Å². The summed E-state index contributed by atoms with van der Waals surface area (Å²) in [6.45, 7) is 14.2. The predicted molar refractivity (Wildman–Crippen MR) is 146 cm³/mol. The molecule has 0 spiro atoms. The van der Waals surface area contributed by atoms with E-state index in [9.17, 15) is 19.2 Å². The zero-order chi connectivity index (χ0) is 29.3. The summed E-state index contributed by atoms with van der Waals surface area (Å²) in [6.07, 6.45) is 5.87. The first-order valence-corrected chi connectivity index (χ1v) is 12.9. The lowest BCUT2D eigenvalue weighted by Crippen LogP contribution is -2.60. The Morgan fingerprint density at radius 3 is 2.08 bits per heavy atom. The molecule has 0 bridgehead atoms. The fraction of sp³-hybridized carbons (Fsp3) is 0.586. The van der Waals surface area contributed by atoms with E-state index in [0.29, 0.717) is 24.0 Å². The molecule has 0 aliphatic carbocycles. The molecule has 210 valence electrons. The molecule has 0 fully saturated rings. The number of esters is 1. The highest BCUT2D eigenvalue weighted by molar-refractivity contribution is 5.93. The lowest BCUT2D eigenvalue weighted by molar-refractivity contribution is -0.151. The Kier molecular flexibility index (Phi) is 11.8. The van der Waals surface area contributed by atoms with E-state index in [1.165, 1.54) is 12.0 Å². The third-order valence-corrected chi connectivity index (χ3v) is 6.44. The molecule has 0 aliphatic heterocycles. The molecule has 9 heteroatoms. The number of rotatable bonds is 11. The summed E-state index contributed by atoms with van der Waals surface area (Å²) < 4.78 is 10.1. The van der Waals surface area contributed by atoms with Gasteiger partial charge in [0.15, 0.2) is 0 Å². The number of ether oxygens (including phenoxy) is 2. The van der Waals surface area contributed by atoms with E-state index in [-0.39, 0.29) is 12.5 Å². The number of nitrogens with one attached hydrogen (secondary N) is 2. The minimum absolute atomic E-state index is 0.271. The Balaban J connectivity index is 3.68. The van der Waals surface area contributed by atoms with Crippen LogP contribution in [0.25, 0.3) is 0 Å². The Morgan fingerprint density at radius 2 is 1.63 bits per heavy atom.